The first-order valence-corrected chi connectivity index (χ1v) is 9.51. The van der Waals surface area contributed by atoms with Crippen LogP contribution in [-0.4, -0.2) is 49.4 Å². The van der Waals surface area contributed by atoms with Gasteiger partial charge < -0.3 is 11.1 Å². The topological polar surface area (TPSA) is 89.3 Å². The van der Waals surface area contributed by atoms with Crippen LogP contribution in [0.4, 0.5) is 0 Å². The van der Waals surface area contributed by atoms with Crippen LogP contribution in [0.5, 0.6) is 0 Å². The molecule has 112 valence electrons. The number of hydrogen-bond donors (Lipinski definition) is 2. The lowest BCUT2D eigenvalue weighted by Gasteiger charge is -2.19. The molecule has 0 aromatic heterocycles. The minimum absolute atomic E-state index is 0.0143. The third kappa shape index (κ3) is 6.63. The molecule has 1 aliphatic heterocycles. The lowest BCUT2D eigenvalue weighted by molar-refractivity contribution is -0.119. The van der Waals surface area contributed by atoms with Gasteiger partial charge in [0.25, 0.3) is 0 Å². The van der Waals surface area contributed by atoms with Gasteiger partial charge in [-0.15, -0.1) is 11.8 Å². The number of thioether (sulfide) groups is 1. The van der Waals surface area contributed by atoms with Crippen molar-refractivity contribution in [3.8, 4) is 0 Å². The molecule has 2 unspecified atom stereocenters. The van der Waals surface area contributed by atoms with Crippen LogP contribution in [0.2, 0.25) is 0 Å². The smallest absolute Gasteiger partial charge is 0.230 e. The van der Waals surface area contributed by atoms with E-state index in [0.717, 1.165) is 6.42 Å². The molecule has 7 heteroatoms. The first kappa shape index (κ1) is 16.8. The predicted molar refractivity (Wildman–Crippen MR) is 80.0 cm³/mol. The second-order valence-electron chi connectivity index (χ2n) is 5.47. The Morgan fingerprint density at radius 3 is 2.63 bits per heavy atom. The van der Waals surface area contributed by atoms with Gasteiger partial charge in [-0.3, -0.25) is 4.79 Å². The van der Waals surface area contributed by atoms with Gasteiger partial charge in [-0.1, -0.05) is 13.8 Å². The zero-order valence-electron chi connectivity index (χ0n) is 11.6. The van der Waals surface area contributed by atoms with Crippen molar-refractivity contribution < 1.29 is 13.2 Å². The summed E-state index contributed by atoms with van der Waals surface area (Å²) in [4.78, 5) is 11.8. The first-order chi connectivity index (χ1) is 8.82. The molecule has 1 amide bonds. The minimum Gasteiger partial charge on any atom is -0.351 e. The number of carbonyl (C=O) groups excluding carboxylic acids is 1. The summed E-state index contributed by atoms with van der Waals surface area (Å²) >= 11 is 1.43. The maximum atomic E-state index is 11.8. The Morgan fingerprint density at radius 1 is 1.47 bits per heavy atom. The zero-order chi connectivity index (χ0) is 14.5. The molecule has 1 rings (SSSR count). The van der Waals surface area contributed by atoms with Crippen LogP contribution in [0, 0.1) is 5.92 Å². The van der Waals surface area contributed by atoms with E-state index in [4.69, 9.17) is 5.73 Å². The summed E-state index contributed by atoms with van der Waals surface area (Å²) in [6.07, 6.45) is 1.53. The van der Waals surface area contributed by atoms with Gasteiger partial charge in [-0.2, -0.15) is 0 Å². The highest BCUT2D eigenvalue weighted by Crippen LogP contribution is 2.24. The van der Waals surface area contributed by atoms with Crippen molar-refractivity contribution in [3.05, 3.63) is 0 Å². The summed E-state index contributed by atoms with van der Waals surface area (Å²) in [5.41, 5.74) is 5.62. The van der Waals surface area contributed by atoms with Crippen LogP contribution in [0.15, 0.2) is 0 Å². The Labute approximate surface area is 120 Å². The van der Waals surface area contributed by atoms with E-state index >= 15 is 0 Å². The van der Waals surface area contributed by atoms with Crippen molar-refractivity contribution in [3.63, 3.8) is 0 Å². The number of hydrogen-bond acceptors (Lipinski definition) is 5. The zero-order valence-corrected chi connectivity index (χ0v) is 13.2. The molecule has 1 fully saturated rings. The summed E-state index contributed by atoms with van der Waals surface area (Å²) in [7, 11) is -2.86. The van der Waals surface area contributed by atoms with Crippen molar-refractivity contribution in [1.82, 2.24) is 5.32 Å². The van der Waals surface area contributed by atoms with E-state index in [0.29, 0.717) is 24.6 Å². The van der Waals surface area contributed by atoms with Crippen molar-refractivity contribution in [2.24, 2.45) is 11.7 Å². The molecule has 0 radical (unpaired) electrons. The summed E-state index contributed by atoms with van der Waals surface area (Å²) in [6, 6.07) is 0.0143. The fourth-order valence-corrected chi connectivity index (χ4v) is 5.59. The average molecular weight is 308 g/mol. The highest BCUT2D eigenvalue weighted by Gasteiger charge is 2.28. The number of nitrogens with one attached hydrogen (secondary N) is 1. The van der Waals surface area contributed by atoms with E-state index in [1.165, 1.54) is 11.8 Å². The number of carbonyl (C=O) groups is 1. The predicted octanol–water partition coefficient (Wildman–Crippen LogP) is 0.396. The van der Waals surface area contributed by atoms with Crippen molar-refractivity contribution in [2.45, 2.75) is 38.0 Å². The van der Waals surface area contributed by atoms with Gasteiger partial charge in [-0.25, -0.2) is 8.42 Å². The molecular formula is C12H24N2O3S2. The second-order valence-corrected chi connectivity index (χ2v) is 8.98. The highest BCUT2D eigenvalue weighted by molar-refractivity contribution is 8.02. The van der Waals surface area contributed by atoms with Crippen LogP contribution < -0.4 is 11.1 Å². The van der Waals surface area contributed by atoms with E-state index in [-0.39, 0.29) is 28.7 Å². The number of sulfone groups is 1. The summed E-state index contributed by atoms with van der Waals surface area (Å²) in [5.74, 6) is 1.21. The van der Waals surface area contributed by atoms with Gasteiger partial charge >= 0.3 is 0 Å². The third-order valence-electron chi connectivity index (χ3n) is 3.05. The molecule has 1 saturated heterocycles. The monoisotopic (exact) mass is 308 g/mol. The lowest BCUT2D eigenvalue weighted by Crippen LogP contribution is -2.42. The summed E-state index contributed by atoms with van der Waals surface area (Å²) < 4.78 is 22.6. The fraction of sp³-hybridized carbons (Fsp3) is 0.917. The van der Waals surface area contributed by atoms with E-state index in [1.807, 2.05) is 0 Å². The molecule has 0 aliphatic carbocycles. The standard InChI is InChI=1S/C12H24N2O3S2/c1-9(2)5-10(6-13)14-12(15)7-18-11-3-4-19(16,17)8-11/h9-11H,3-8,13H2,1-2H3,(H,14,15). The molecule has 0 aromatic rings. The minimum atomic E-state index is -2.86. The molecular weight excluding hydrogens is 284 g/mol. The Morgan fingerprint density at radius 2 is 2.16 bits per heavy atom. The Bertz CT molecular complexity index is 396. The van der Waals surface area contributed by atoms with Gasteiger partial charge in [0.1, 0.15) is 0 Å². The largest absolute Gasteiger partial charge is 0.351 e. The molecule has 0 spiro atoms. The quantitative estimate of drug-likeness (QED) is 0.710. The van der Waals surface area contributed by atoms with Gasteiger partial charge in [0, 0.05) is 17.8 Å². The molecule has 1 heterocycles. The molecule has 5 nitrogen and oxygen atoms in total. The SMILES string of the molecule is CC(C)CC(CN)NC(=O)CSC1CCS(=O)(=O)C1. The molecule has 19 heavy (non-hydrogen) atoms. The maximum Gasteiger partial charge on any atom is 0.230 e. The number of rotatable bonds is 7. The highest BCUT2D eigenvalue weighted by atomic mass is 32.2. The average Bonchev–Trinajstić information content (AvgIpc) is 2.65. The Kier molecular flexibility index (Phi) is 6.62. The fourth-order valence-electron chi connectivity index (χ4n) is 2.14. The first-order valence-electron chi connectivity index (χ1n) is 6.64. The van der Waals surface area contributed by atoms with Crippen LogP contribution in [0.1, 0.15) is 26.7 Å². The summed E-state index contributed by atoms with van der Waals surface area (Å²) in [5, 5.41) is 2.98. The van der Waals surface area contributed by atoms with Crippen molar-refractivity contribution >= 4 is 27.5 Å². The lowest BCUT2D eigenvalue weighted by atomic mass is 10.0. The molecule has 0 aromatic carbocycles. The number of nitrogens with two attached hydrogens (primary N) is 1. The summed E-state index contributed by atoms with van der Waals surface area (Å²) in [6.45, 7) is 4.62. The van der Waals surface area contributed by atoms with Crippen LogP contribution in [0.3, 0.4) is 0 Å². The van der Waals surface area contributed by atoms with Crippen LogP contribution in [-0.2, 0) is 14.6 Å². The normalized spacial score (nSPS) is 23.5. The molecule has 0 saturated carbocycles. The van der Waals surface area contributed by atoms with Gasteiger partial charge in [0.05, 0.1) is 17.3 Å². The van der Waals surface area contributed by atoms with Crippen molar-refractivity contribution in [1.29, 1.82) is 0 Å². The number of amides is 1. The van der Waals surface area contributed by atoms with E-state index in [2.05, 4.69) is 19.2 Å². The molecule has 3 N–H and O–H groups in total. The van der Waals surface area contributed by atoms with Gasteiger partial charge in [-0.05, 0) is 18.8 Å². The molecule has 2 atom stereocenters. The maximum absolute atomic E-state index is 11.8. The van der Waals surface area contributed by atoms with Gasteiger partial charge in [0.15, 0.2) is 9.84 Å². The van der Waals surface area contributed by atoms with E-state index in [1.54, 1.807) is 0 Å². The second kappa shape index (κ2) is 7.50. The van der Waals surface area contributed by atoms with E-state index < -0.39 is 9.84 Å². The van der Waals surface area contributed by atoms with E-state index in [9.17, 15) is 13.2 Å². The van der Waals surface area contributed by atoms with Crippen LogP contribution >= 0.6 is 11.8 Å². The Balaban J connectivity index is 2.27. The third-order valence-corrected chi connectivity index (χ3v) is 6.33. The van der Waals surface area contributed by atoms with Crippen molar-refractivity contribution in [2.75, 3.05) is 23.8 Å². The van der Waals surface area contributed by atoms with Crippen LogP contribution in [0.25, 0.3) is 0 Å². The van der Waals surface area contributed by atoms with Gasteiger partial charge in [0.2, 0.25) is 5.91 Å². The molecule has 0 bridgehead atoms. The molecule has 1 aliphatic rings. The Hall–Kier alpha value is -0.270.